The minimum absolute atomic E-state index is 0.00419. The molecular weight excluding hydrogens is 466 g/mol. The molecule has 13 heteroatoms. The van der Waals surface area contributed by atoms with Gasteiger partial charge < -0.3 is 21.7 Å². The maximum atomic E-state index is 13.3. The van der Waals surface area contributed by atoms with Gasteiger partial charge in [-0.2, -0.15) is 0 Å². The highest BCUT2D eigenvalue weighted by Crippen LogP contribution is 2.27. The van der Waals surface area contributed by atoms with Gasteiger partial charge in [-0.1, -0.05) is 23.5 Å². The van der Waals surface area contributed by atoms with Crippen LogP contribution in [0.25, 0.3) is 0 Å². The minimum atomic E-state index is -0.228. The van der Waals surface area contributed by atoms with Crippen molar-refractivity contribution >= 4 is 52.2 Å². The second-order valence-corrected chi connectivity index (χ2v) is 9.01. The number of carbonyl (C=O) groups excluding carboxylic acids is 2. The van der Waals surface area contributed by atoms with Crippen molar-refractivity contribution in [3.63, 3.8) is 0 Å². The Morgan fingerprint density at radius 1 is 1.18 bits per heavy atom. The molecule has 1 fully saturated rings. The van der Waals surface area contributed by atoms with Crippen LogP contribution in [0.4, 0.5) is 10.8 Å². The van der Waals surface area contributed by atoms with Crippen molar-refractivity contribution in [2.75, 3.05) is 38.6 Å². The first-order chi connectivity index (χ1) is 15.9. The SMILES string of the molecule is COOSN1CCN(C(=O)c2sc(NC(C)=O)nc2CCc2ccc(N=C(N)N)cc2)CC1. The Hall–Kier alpha value is -2.71. The van der Waals surface area contributed by atoms with E-state index in [-0.39, 0.29) is 17.8 Å². The van der Waals surface area contributed by atoms with E-state index >= 15 is 0 Å². The predicted molar refractivity (Wildman–Crippen MR) is 129 cm³/mol. The molecule has 3 rings (SSSR count). The monoisotopic (exact) mass is 493 g/mol. The van der Waals surface area contributed by atoms with Gasteiger partial charge in [-0.3, -0.25) is 9.59 Å². The standard InChI is InChI=1S/C20H27N7O4S2/c1-13(28)23-20-25-16(8-5-14-3-6-15(7-4-14)24-19(21)22)17(32-20)18(29)26-9-11-27(12-10-26)33-31-30-2/h3-4,6-7H,5,8-12H2,1-2H3,(H4,21,22,24)(H,23,25,28). The fourth-order valence-corrected chi connectivity index (χ4v) is 4.71. The summed E-state index contributed by atoms with van der Waals surface area (Å²) in [4.78, 5) is 40.3. The first-order valence-corrected chi connectivity index (χ1v) is 11.7. The highest BCUT2D eigenvalue weighted by molar-refractivity contribution is 7.92. The molecule has 1 aromatic carbocycles. The first kappa shape index (κ1) is 24.9. The van der Waals surface area contributed by atoms with Gasteiger partial charge >= 0.3 is 0 Å². The number of guanidine groups is 1. The Morgan fingerprint density at radius 2 is 1.88 bits per heavy atom. The van der Waals surface area contributed by atoms with Crippen molar-refractivity contribution in [2.24, 2.45) is 16.5 Å². The highest BCUT2D eigenvalue weighted by atomic mass is 32.2. The van der Waals surface area contributed by atoms with Crippen molar-refractivity contribution in [2.45, 2.75) is 19.8 Å². The van der Waals surface area contributed by atoms with E-state index in [0.29, 0.717) is 60.4 Å². The molecule has 0 saturated carbocycles. The molecule has 11 nitrogen and oxygen atoms in total. The zero-order chi connectivity index (χ0) is 23.8. The van der Waals surface area contributed by atoms with Gasteiger partial charge in [0.15, 0.2) is 11.1 Å². The molecule has 5 N–H and O–H groups in total. The van der Waals surface area contributed by atoms with Gasteiger partial charge in [0.05, 0.1) is 18.5 Å². The number of anilines is 1. The molecule has 1 aliphatic heterocycles. The second-order valence-electron chi connectivity index (χ2n) is 7.21. The summed E-state index contributed by atoms with van der Waals surface area (Å²) >= 11 is 2.33. The number of amides is 2. The molecule has 0 spiro atoms. The third kappa shape index (κ3) is 7.40. The fraction of sp³-hybridized carbons (Fsp3) is 0.400. The Kier molecular flexibility index (Phi) is 9.03. The number of benzene rings is 1. The van der Waals surface area contributed by atoms with E-state index in [2.05, 4.69) is 20.2 Å². The second kappa shape index (κ2) is 12.0. The van der Waals surface area contributed by atoms with E-state index in [1.807, 2.05) is 28.6 Å². The first-order valence-electron chi connectivity index (χ1n) is 10.2. The predicted octanol–water partition coefficient (Wildman–Crippen LogP) is 1.69. The third-order valence-corrected chi connectivity index (χ3v) is 6.52. The summed E-state index contributed by atoms with van der Waals surface area (Å²) in [6.45, 7) is 3.82. The summed E-state index contributed by atoms with van der Waals surface area (Å²) in [5.41, 5.74) is 13.2. The lowest BCUT2D eigenvalue weighted by Gasteiger charge is -2.32. The maximum absolute atomic E-state index is 13.3. The molecule has 0 aliphatic carbocycles. The molecule has 33 heavy (non-hydrogen) atoms. The van der Waals surface area contributed by atoms with Crippen LogP contribution in [-0.4, -0.2) is 65.3 Å². The lowest BCUT2D eigenvalue weighted by molar-refractivity contribution is -0.163. The number of rotatable bonds is 9. The van der Waals surface area contributed by atoms with Gasteiger partial charge in [0.1, 0.15) is 17.1 Å². The smallest absolute Gasteiger partial charge is 0.266 e. The zero-order valence-corrected chi connectivity index (χ0v) is 20.1. The topological polar surface area (TPSA) is 148 Å². The van der Waals surface area contributed by atoms with Crippen LogP contribution in [0.15, 0.2) is 29.3 Å². The number of nitrogens with two attached hydrogens (primary N) is 2. The van der Waals surface area contributed by atoms with E-state index in [0.717, 1.165) is 17.8 Å². The summed E-state index contributed by atoms with van der Waals surface area (Å²) < 4.78 is 6.87. The van der Waals surface area contributed by atoms with E-state index in [4.69, 9.17) is 15.8 Å². The molecule has 2 aromatic rings. The number of nitrogens with one attached hydrogen (secondary N) is 1. The average molecular weight is 494 g/mol. The number of aromatic nitrogens is 1. The van der Waals surface area contributed by atoms with Gasteiger partial charge in [-0.15, -0.1) is 4.33 Å². The number of piperazine rings is 1. The van der Waals surface area contributed by atoms with Crippen LogP contribution in [0.3, 0.4) is 0 Å². The number of thiazole rings is 1. The molecule has 0 radical (unpaired) electrons. The lowest BCUT2D eigenvalue weighted by atomic mass is 10.1. The maximum Gasteiger partial charge on any atom is 0.266 e. The molecule has 1 aromatic heterocycles. The minimum Gasteiger partial charge on any atom is -0.370 e. The van der Waals surface area contributed by atoms with Crippen molar-refractivity contribution in [1.29, 1.82) is 0 Å². The number of nitrogens with zero attached hydrogens (tertiary/aromatic N) is 4. The van der Waals surface area contributed by atoms with Crippen molar-refractivity contribution in [3.8, 4) is 0 Å². The van der Waals surface area contributed by atoms with E-state index in [1.54, 1.807) is 4.90 Å². The molecule has 1 saturated heterocycles. The third-order valence-electron chi connectivity index (χ3n) is 4.75. The zero-order valence-electron chi connectivity index (χ0n) is 18.4. The van der Waals surface area contributed by atoms with Gasteiger partial charge in [-0.25, -0.2) is 19.2 Å². The van der Waals surface area contributed by atoms with Gasteiger partial charge in [-0.05, 0) is 30.5 Å². The normalized spacial score (nSPS) is 14.2. The summed E-state index contributed by atoms with van der Waals surface area (Å²) in [5, 5.41) is 3.12. The Balaban J connectivity index is 1.69. The Bertz CT molecular complexity index is 985. The van der Waals surface area contributed by atoms with Gasteiger partial charge in [0, 0.05) is 33.1 Å². The summed E-state index contributed by atoms with van der Waals surface area (Å²) in [6.07, 6.45) is 1.22. The van der Waals surface area contributed by atoms with Gasteiger partial charge in [0.25, 0.3) is 5.91 Å². The van der Waals surface area contributed by atoms with Crippen molar-refractivity contribution in [1.82, 2.24) is 14.2 Å². The molecule has 0 bridgehead atoms. The molecule has 2 heterocycles. The van der Waals surface area contributed by atoms with E-state index in [9.17, 15) is 9.59 Å². The van der Waals surface area contributed by atoms with Crippen LogP contribution >= 0.6 is 23.6 Å². The van der Waals surface area contributed by atoms with Gasteiger partial charge in [0.2, 0.25) is 5.91 Å². The van der Waals surface area contributed by atoms with E-state index < -0.39 is 0 Å². The number of hydrogen-bond donors (Lipinski definition) is 3. The summed E-state index contributed by atoms with van der Waals surface area (Å²) in [5.74, 6) is -0.308. The molecule has 0 unspecified atom stereocenters. The molecular formula is C20H27N7O4S2. The van der Waals surface area contributed by atoms with Crippen LogP contribution in [0.5, 0.6) is 0 Å². The van der Waals surface area contributed by atoms with E-state index in [1.165, 1.54) is 25.4 Å². The average Bonchev–Trinajstić information content (AvgIpc) is 3.18. The lowest BCUT2D eigenvalue weighted by Crippen LogP contribution is -2.46. The van der Waals surface area contributed by atoms with Crippen molar-refractivity contribution in [3.05, 3.63) is 40.4 Å². The quantitative estimate of drug-likeness (QED) is 0.118. The van der Waals surface area contributed by atoms with Crippen LogP contribution in [0.1, 0.15) is 27.9 Å². The molecule has 178 valence electrons. The van der Waals surface area contributed by atoms with Crippen LogP contribution < -0.4 is 16.8 Å². The molecule has 0 atom stereocenters. The number of carbonyl (C=O) groups is 2. The van der Waals surface area contributed by atoms with Crippen LogP contribution in [0.2, 0.25) is 0 Å². The largest absolute Gasteiger partial charge is 0.370 e. The highest BCUT2D eigenvalue weighted by Gasteiger charge is 2.27. The number of hydrogen-bond acceptors (Lipinski definition) is 9. The van der Waals surface area contributed by atoms with Crippen molar-refractivity contribution < 1.29 is 18.8 Å². The number of aryl methyl sites for hydroxylation is 2. The molecule has 2 amide bonds. The number of aliphatic imine (C=N–C) groups is 1. The molecule has 1 aliphatic rings. The van der Waals surface area contributed by atoms with Crippen LogP contribution in [0, 0.1) is 0 Å². The fourth-order valence-electron chi connectivity index (χ4n) is 3.22. The summed E-state index contributed by atoms with van der Waals surface area (Å²) in [6, 6.07) is 7.53. The Labute approximate surface area is 200 Å². The Morgan fingerprint density at radius 3 is 2.48 bits per heavy atom. The van der Waals surface area contributed by atoms with Crippen LogP contribution in [-0.2, 0) is 26.9 Å². The summed E-state index contributed by atoms with van der Waals surface area (Å²) in [7, 11) is 1.45.